The normalized spacial score (nSPS) is 16.5. The Bertz CT molecular complexity index is 1120. The first-order chi connectivity index (χ1) is 14.7. The minimum Gasteiger partial charge on any atom is -0.397 e. The Morgan fingerprint density at radius 3 is 1.42 bits per heavy atom. The van der Waals surface area contributed by atoms with Crippen LogP contribution in [0.5, 0.6) is 0 Å². The highest BCUT2D eigenvalue weighted by atomic mass is 16.7. The lowest BCUT2D eigenvalue weighted by atomic mass is 9.89. The van der Waals surface area contributed by atoms with Crippen molar-refractivity contribution in [3.05, 3.63) is 59.7 Å². The van der Waals surface area contributed by atoms with Crippen LogP contribution in [0, 0.1) is 22.7 Å². The van der Waals surface area contributed by atoms with Gasteiger partial charge in [-0.2, -0.15) is 10.5 Å². The number of benzene rings is 2. The fraction of sp³-hybridized carbons (Fsp3) is 0.261. The number of hydrogen-bond donors (Lipinski definition) is 0. The predicted octanol–water partition coefficient (Wildman–Crippen LogP) is 3.25. The standard InChI is InChI=1S/C23H20BN5O2/c1-22(2)23(3,4)31-24(30-22)21-28-19(17-9-5-15(13-25)6-10-17)27-20(29-21)18-11-7-16(14-26)8-12-18/h5-12H,1-4H3. The summed E-state index contributed by atoms with van der Waals surface area (Å²) in [5.74, 6) is 0.895. The quantitative estimate of drug-likeness (QED) is 0.612. The molecule has 31 heavy (non-hydrogen) atoms. The van der Waals surface area contributed by atoms with Gasteiger partial charge in [0.2, 0.25) is 0 Å². The van der Waals surface area contributed by atoms with Crippen molar-refractivity contribution in [2.24, 2.45) is 0 Å². The first kappa shape index (κ1) is 20.7. The molecule has 4 rings (SSSR count). The molecule has 1 aliphatic rings. The molecule has 0 atom stereocenters. The molecule has 1 fully saturated rings. The lowest BCUT2D eigenvalue weighted by Gasteiger charge is -2.32. The Balaban J connectivity index is 1.82. The van der Waals surface area contributed by atoms with Crippen LogP contribution in [0.4, 0.5) is 0 Å². The molecule has 0 N–H and O–H groups in total. The molecule has 2 heterocycles. The molecule has 152 valence electrons. The van der Waals surface area contributed by atoms with Gasteiger partial charge in [0.05, 0.1) is 34.5 Å². The highest BCUT2D eigenvalue weighted by Gasteiger charge is 2.53. The van der Waals surface area contributed by atoms with E-state index in [1.807, 2.05) is 27.7 Å². The van der Waals surface area contributed by atoms with Crippen molar-refractivity contribution in [1.82, 2.24) is 15.0 Å². The molecule has 8 heteroatoms. The van der Waals surface area contributed by atoms with Crippen LogP contribution in [-0.2, 0) is 9.31 Å². The summed E-state index contributed by atoms with van der Waals surface area (Å²) in [5, 5.41) is 18.1. The Kier molecular flexibility index (Phi) is 5.06. The number of aromatic nitrogens is 3. The van der Waals surface area contributed by atoms with Crippen LogP contribution in [0.15, 0.2) is 48.5 Å². The number of nitriles is 2. The molecule has 0 bridgehead atoms. The fourth-order valence-electron chi connectivity index (χ4n) is 3.09. The second-order valence-electron chi connectivity index (χ2n) is 8.31. The van der Waals surface area contributed by atoms with E-state index in [2.05, 4.69) is 27.1 Å². The van der Waals surface area contributed by atoms with Crippen molar-refractivity contribution in [1.29, 1.82) is 10.5 Å². The van der Waals surface area contributed by atoms with Gasteiger partial charge in [-0.1, -0.05) is 0 Å². The molecule has 3 aromatic rings. The van der Waals surface area contributed by atoms with Crippen molar-refractivity contribution >= 4 is 12.8 Å². The minimum atomic E-state index is -0.748. The lowest BCUT2D eigenvalue weighted by molar-refractivity contribution is 0.00578. The highest BCUT2D eigenvalue weighted by Crippen LogP contribution is 2.36. The summed E-state index contributed by atoms with van der Waals surface area (Å²) in [6, 6.07) is 18.3. The maximum Gasteiger partial charge on any atom is 0.534 e. The third-order valence-corrected chi connectivity index (χ3v) is 5.66. The molecule has 1 aromatic heterocycles. The van der Waals surface area contributed by atoms with Gasteiger partial charge in [-0.25, -0.2) is 15.0 Å². The van der Waals surface area contributed by atoms with Gasteiger partial charge in [0, 0.05) is 11.1 Å². The van der Waals surface area contributed by atoms with Crippen LogP contribution in [-0.4, -0.2) is 33.3 Å². The summed E-state index contributed by atoms with van der Waals surface area (Å²) < 4.78 is 12.3. The average Bonchev–Trinajstić information content (AvgIpc) is 3.00. The van der Waals surface area contributed by atoms with Crippen molar-refractivity contribution in [3.8, 4) is 34.9 Å². The van der Waals surface area contributed by atoms with E-state index in [4.69, 9.17) is 19.8 Å². The summed E-state index contributed by atoms with van der Waals surface area (Å²) in [4.78, 5) is 13.9. The van der Waals surface area contributed by atoms with Gasteiger partial charge < -0.3 is 9.31 Å². The largest absolute Gasteiger partial charge is 0.534 e. The van der Waals surface area contributed by atoms with Gasteiger partial charge in [0.25, 0.3) is 0 Å². The van der Waals surface area contributed by atoms with Crippen molar-refractivity contribution in [2.45, 2.75) is 38.9 Å². The first-order valence-electron chi connectivity index (χ1n) is 9.85. The van der Waals surface area contributed by atoms with Crippen LogP contribution >= 0.6 is 0 Å². The Hall–Kier alpha value is -3.59. The van der Waals surface area contributed by atoms with Crippen LogP contribution in [0.3, 0.4) is 0 Å². The zero-order chi connectivity index (χ0) is 22.2. The molecule has 0 radical (unpaired) electrons. The second kappa shape index (κ2) is 7.59. The van der Waals surface area contributed by atoms with Crippen LogP contribution in [0.1, 0.15) is 38.8 Å². The maximum atomic E-state index is 9.07. The molecule has 0 amide bonds. The molecular formula is C23H20BN5O2. The highest BCUT2D eigenvalue weighted by molar-refractivity contribution is 6.60. The van der Waals surface area contributed by atoms with E-state index < -0.39 is 18.3 Å². The van der Waals surface area contributed by atoms with Gasteiger partial charge >= 0.3 is 7.12 Å². The van der Waals surface area contributed by atoms with Crippen LogP contribution in [0.2, 0.25) is 0 Å². The second-order valence-corrected chi connectivity index (χ2v) is 8.31. The molecule has 0 unspecified atom stereocenters. The summed E-state index contributed by atoms with van der Waals surface area (Å²) in [7, 11) is -0.748. The van der Waals surface area contributed by atoms with E-state index in [-0.39, 0.29) is 0 Å². The molecule has 0 saturated carbocycles. The third kappa shape index (κ3) is 3.92. The number of hydrogen-bond acceptors (Lipinski definition) is 7. The van der Waals surface area contributed by atoms with Gasteiger partial charge in [-0.3, -0.25) is 0 Å². The number of rotatable bonds is 3. The molecule has 0 spiro atoms. The zero-order valence-corrected chi connectivity index (χ0v) is 17.7. The van der Waals surface area contributed by atoms with Gasteiger partial charge in [0.1, 0.15) is 0 Å². The van der Waals surface area contributed by atoms with Crippen LogP contribution < -0.4 is 5.72 Å². The monoisotopic (exact) mass is 409 g/mol. The average molecular weight is 409 g/mol. The summed E-state index contributed by atoms with van der Waals surface area (Å²) in [6.07, 6.45) is 0. The summed E-state index contributed by atoms with van der Waals surface area (Å²) in [5.41, 5.74) is 1.89. The fourth-order valence-corrected chi connectivity index (χ4v) is 3.09. The van der Waals surface area contributed by atoms with Crippen molar-refractivity contribution in [2.75, 3.05) is 0 Å². The Labute approximate surface area is 181 Å². The third-order valence-electron chi connectivity index (χ3n) is 5.66. The van der Waals surface area contributed by atoms with E-state index >= 15 is 0 Å². The topological polar surface area (TPSA) is 105 Å². The van der Waals surface area contributed by atoms with Crippen molar-refractivity contribution < 1.29 is 9.31 Å². The molecule has 0 aliphatic carbocycles. The van der Waals surface area contributed by atoms with Gasteiger partial charge in [0.15, 0.2) is 17.4 Å². The van der Waals surface area contributed by atoms with E-state index in [0.717, 1.165) is 11.1 Å². The lowest BCUT2D eigenvalue weighted by Crippen LogP contribution is -2.41. The maximum absolute atomic E-state index is 9.07. The molecule has 1 saturated heterocycles. The van der Waals surface area contributed by atoms with Crippen LogP contribution in [0.25, 0.3) is 22.8 Å². The SMILES string of the molecule is CC1(C)OB(c2nc(-c3ccc(C#N)cc3)nc(-c3ccc(C#N)cc3)n2)OC1(C)C. The van der Waals surface area contributed by atoms with Gasteiger partial charge in [-0.05, 0) is 76.2 Å². The minimum absolute atomic E-state index is 0.368. The van der Waals surface area contributed by atoms with Crippen molar-refractivity contribution in [3.63, 3.8) is 0 Å². The van der Waals surface area contributed by atoms with E-state index in [1.165, 1.54) is 0 Å². The Morgan fingerprint density at radius 1 is 0.677 bits per heavy atom. The molecule has 2 aromatic carbocycles. The molecule has 7 nitrogen and oxygen atoms in total. The smallest absolute Gasteiger partial charge is 0.397 e. The molecule has 1 aliphatic heterocycles. The number of nitrogens with zero attached hydrogens (tertiary/aromatic N) is 5. The first-order valence-corrected chi connectivity index (χ1v) is 9.85. The zero-order valence-electron chi connectivity index (χ0n) is 17.7. The predicted molar refractivity (Wildman–Crippen MR) is 116 cm³/mol. The molecular weight excluding hydrogens is 389 g/mol. The van der Waals surface area contributed by atoms with E-state index in [1.54, 1.807) is 48.5 Å². The van der Waals surface area contributed by atoms with E-state index in [9.17, 15) is 0 Å². The van der Waals surface area contributed by atoms with E-state index in [0.29, 0.717) is 28.5 Å². The summed E-state index contributed by atoms with van der Waals surface area (Å²) in [6.45, 7) is 7.88. The Morgan fingerprint density at radius 2 is 1.06 bits per heavy atom. The summed E-state index contributed by atoms with van der Waals surface area (Å²) >= 11 is 0. The van der Waals surface area contributed by atoms with Gasteiger partial charge in [-0.15, -0.1) is 0 Å².